The zero-order valence-corrected chi connectivity index (χ0v) is 13.8. The fourth-order valence-corrected chi connectivity index (χ4v) is 3.29. The minimum Gasteiger partial charge on any atom is -0.360 e. The lowest BCUT2D eigenvalue weighted by atomic mass is 10.2. The van der Waals surface area contributed by atoms with Gasteiger partial charge < -0.3 is 4.52 Å². The zero-order chi connectivity index (χ0) is 17.1. The minimum absolute atomic E-state index is 0.0793. The van der Waals surface area contributed by atoms with E-state index >= 15 is 0 Å². The highest BCUT2D eigenvalue weighted by atomic mass is 16.5. The van der Waals surface area contributed by atoms with Gasteiger partial charge in [-0.3, -0.25) is 14.7 Å². The Kier molecular flexibility index (Phi) is 4.39. The molecule has 0 N–H and O–H groups in total. The van der Waals surface area contributed by atoms with E-state index in [-0.39, 0.29) is 11.6 Å². The summed E-state index contributed by atoms with van der Waals surface area (Å²) in [5, 5.41) is 8.31. The van der Waals surface area contributed by atoms with Crippen molar-refractivity contribution < 1.29 is 4.52 Å². The van der Waals surface area contributed by atoms with Crippen LogP contribution < -0.4 is 5.56 Å². The second-order valence-electron chi connectivity index (χ2n) is 6.22. The Morgan fingerprint density at radius 2 is 2.00 bits per heavy atom. The fraction of sp³-hybridized carbons (Fsp3) is 0.333. The molecule has 0 amide bonds. The summed E-state index contributed by atoms with van der Waals surface area (Å²) in [5.74, 6) is 0.845. The van der Waals surface area contributed by atoms with Gasteiger partial charge in [0.05, 0.1) is 25.0 Å². The summed E-state index contributed by atoms with van der Waals surface area (Å²) in [6.07, 6.45) is 7.26. The highest BCUT2D eigenvalue weighted by molar-refractivity contribution is 5.56. The van der Waals surface area contributed by atoms with Gasteiger partial charge in [0, 0.05) is 36.1 Å². The Labute approximate surface area is 144 Å². The lowest BCUT2D eigenvalue weighted by Gasteiger charge is -2.23. The first-order valence-electron chi connectivity index (χ1n) is 8.42. The second kappa shape index (κ2) is 6.98. The van der Waals surface area contributed by atoms with Crippen LogP contribution in [0.3, 0.4) is 0 Å². The van der Waals surface area contributed by atoms with E-state index in [9.17, 15) is 4.79 Å². The number of aromatic nitrogens is 4. The Balaban J connectivity index is 1.54. The summed E-state index contributed by atoms with van der Waals surface area (Å²) in [6, 6.07) is 9.27. The molecule has 0 aliphatic carbocycles. The molecule has 3 aromatic rings. The summed E-state index contributed by atoms with van der Waals surface area (Å²) in [7, 11) is 0. The molecule has 4 rings (SSSR count). The summed E-state index contributed by atoms with van der Waals surface area (Å²) in [6.45, 7) is 2.28. The molecule has 7 heteroatoms. The van der Waals surface area contributed by atoms with Crippen molar-refractivity contribution in [3.63, 3.8) is 0 Å². The molecule has 1 saturated heterocycles. The Morgan fingerprint density at radius 1 is 1.12 bits per heavy atom. The molecule has 1 aliphatic rings. The molecule has 128 valence electrons. The number of likely N-dealkylation sites (tertiary alicyclic amines) is 1. The molecule has 0 aromatic carbocycles. The number of rotatable bonds is 5. The van der Waals surface area contributed by atoms with Gasteiger partial charge in [-0.05, 0) is 37.6 Å². The second-order valence-corrected chi connectivity index (χ2v) is 6.22. The van der Waals surface area contributed by atoms with Gasteiger partial charge in [0.15, 0.2) is 5.76 Å². The summed E-state index contributed by atoms with van der Waals surface area (Å²) >= 11 is 0. The van der Waals surface area contributed by atoms with Crippen LogP contribution in [0.15, 0.2) is 58.2 Å². The van der Waals surface area contributed by atoms with Crippen molar-refractivity contribution in [3.8, 4) is 11.3 Å². The van der Waals surface area contributed by atoms with E-state index in [4.69, 9.17) is 4.52 Å². The smallest absolute Gasteiger partial charge is 0.266 e. The number of pyridine rings is 1. The van der Waals surface area contributed by atoms with Crippen molar-refractivity contribution in [1.29, 1.82) is 0 Å². The van der Waals surface area contributed by atoms with Crippen LogP contribution >= 0.6 is 0 Å². The van der Waals surface area contributed by atoms with Crippen LogP contribution in [-0.4, -0.2) is 37.4 Å². The van der Waals surface area contributed by atoms with Crippen molar-refractivity contribution in [1.82, 2.24) is 24.8 Å². The Morgan fingerprint density at radius 3 is 2.80 bits per heavy atom. The molecule has 0 saturated carbocycles. The van der Waals surface area contributed by atoms with E-state index in [2.05, 4.69) is 20.1 Å². The molecular formula is C18H19N5O2. The molecule has 1 atom stereocenters. The highest BCUT2D eigenvalue weighted by Crippen LogP contribution is 2.21. The van der Waals surface area contributed by atoms with E-state index < -0.39 is 0 Å². The maximum absolute atomic E-state index is 12.3. The van der Waals surface area contributed by atoms with Crippen LogP contribution in [0, 0.1) is 0 Å². The van der Waals surface area contributed by atoms with Crippen LogP contribution in [0.5, 0.6) is 0 Å². The third-order valence-corrected chi connectivity index (χ3v) is 4.58. The van der Waals surface area contributed by atoms with Crippen LogP contribution in [0.25, 0.3) is 11.3 Å². The summed E-state index contributed by atoms with van der Waals surface area (Å²) in [4.78, 5) is 18.6. The van der Waals surface area contributed by atoms with Crippen molar-refractivity contribution in [3.05, 3.63) is 65.0 Å². The molecular weight excluding hydrogens is 318 g/mol. The van der Waals surface area contributed by atoms with Crippen molar-refractivity contribution >= 4 is 0 Å². The van der Waals surface area contributed by atoms with E-state index in [1.165, 1.54) is 0 Å². The largest absolute Gasteiger partial charge is 0.360 e. The normalized spacial score (nSPS) is 17.8. The Hall–Kier alpha value is -2.80. The predicted molar refractivity (Wildman–Crippen MR) is 91.7 cm³/mol. The van der Waals surface area contributed by atoms with E-state index in [0.29, 0.717) is 13.1 Å². The van der Waals surface area contributed by atoms with Crippen LogP contribution in [0.1, 0.15) is 18.6 Å². The molecule has 0 bridgehead atoms. The number of hydrogen-bond acceptors (Lipinski definition) is 6. The van der Waals surface area contributed by atoms with Crippen molar-refractivity contribution in [2.24, 2.45) is 0 Å². The van der Waals surface area contributed by atoms with Gasteiger partial charge in [0.1, 0.15) is 0 Å². The monoisotopic (exact) mass is 337 g/mol. The van der Waals surface area contributed by atoms with Gasteiger partial charge in [0.2, 0.25) is 0 Å². The predicted octanol–water partition coefficient (Wildman–Crippen LogP) is 1.96. The first kappa shape index (κ1) is 15.7. The van der Waals surface area contributed by atoms with Gasteiger partial charge in [-0.2, -0.15) is 5.10 Å². The maximum Gasteiger partial charge on any atom is 0.266 e. The SMILES string of the molecule is O=c1ccc(-c2ccncc2)nn1CC1CCCN1Cc1ccno1. The lowest BCUT2D eigenvalue weighted by Crippen LogP contribution is -2.36. The molecule has 4 heterocycles. The summed E-state index contributed by atoms with van der Waals surface area (Å²) in [5.41, 5.74) is 1.65. The van der Waals surface area contributed by atoms with Gasteiger partial charge in [-0.1, -0.05) is 5.16 Å². The van der Waals surface area contributed by atoms with Gasteiger partial charge >= 0.3 is 0 Å². The van der Waals surface area contributed by atoms with Crippen LogP contribution in [0.4, 0.5) is 0 Å². The average Bonchev–Trinajstić information content (AvgIpc) is 3.31. The molecule has 1 unspecified atom stereocenters. The number of hydrogen-bond donors (Lipinski definition) is 0. The quantitative estimate of drug-likeness (QED) is 0.708. The number of nitrogens with zero attached hydrogens (tertiary/aromatic N) is 5. The van der Waals surface area contributed by atoms with Gasteiger partial charge in [-0.25, -0.2) is 4.68 Å². The topological polar surface area (TPSA) is 77.1 Å². The molecule has 0 spiro atoms. The lowest BCUT2D eigenvalue weighted by molar-refractivity contribution is 0.194. The third-order valence-electron chi connectivity index (χ3n) is 4.58. The van der Waals surface area contributed by atoms with Crippen molar-refractivity contribution in [2.75, 3.05) is 6.54 Å². The molecule has 25 heavy (non-hydrogen) atoms. The standard InChI is InChI=1S/C18H19N5O2/c24-18-4-3-17(14-5-8-19-9-6-14)21-23(18)12-15-2-1-11-22(15)13-16-7-10-20-25-16/h3-10,15H,1-2,11-13H2. The van der Waals surface area contributed by atoms with E-state index in [1.807, 2.05) is 18.2 Å². The zero-order valence-electron chi connectivity index (χ0n) is 13.8. The first-order chi connectivity index (χ1) is 12.3. The van der Waals surface area contributed by atoms with E-state index in [0.717, 1.165) is 36.4 Å². The third kappa shape index (κ3) is 3.51. The van der Waals surface area contributed by atoms with Gasteiger partial charge in [-0.15, -0.1) is 0 Å². The average molecular weight is 337 g/mol. The summed E-state index contributed by atoms with van der Waals surface area (Å²) < 4.78 is 6.78. The highest BCUT2D eigenvalue weighted by Gasteiger charge is 2.26. The van der Waals surface area contributed by atoms with Crippen molar-refractivity contribution in [2.45, 2.75) is 32.0 Å². The minimum atomic E-state index is -0.0793. The van der Waals surface area contributed by atoms with Crippen LogP contribution in [-0.2, 0) is 13.1 Å². The molecule has 1 aliphatic heterocycles. The van der Waals surface area contributed by atoms with E-state index in [1.54, 1.807) is 35.4 Å². The Bertz CT molecular complexity index is 876. The fourth-order valence-electron chi connectivity index (χ4n) is 3.29. The van der Waals surface area contributed by atoms with Gasteiger partial charge in [0.25, 0.3) is 5.56 Å². The molecule has 1 fully saturated rings. The first-order valence-corrected chi connectivity index (χ1v) is 8.42. The molecule has 7 nitrogen and oxygen atoms in total. The molecule has 0 radical (unpaired) electrons. The van der Waals surface area contributed by atoms with Crippen LogP contribution in [0.2, 0.25) is 0 Å². The maximum atomic E-state index is 12.3. The molecule has 3 aromatic heterocycles.